The van der Waals surface area contributed by atoms with Gasteiger partial charge in [-0.1, -0.05) is 37.3 Å². The maximum Gasteiger partial charge on any atom is 0.244 e. The van der Waals surface area contributed by atoms with Gasteiger partial charge in [-0.25, -0.2) is 0 Å². The summed E-state index contributed by atoms with van der Waals surface area (Å²) in [5.41, 5.74) is 1.23. The fourth-order valence-corrected chi connectivity index (χ4v) is 1.99. The average molecular weight is 269 g/mol. The quantitative estimate of drug-likeness (QED) is 0.816. The van der Waals surface area contributed by atoms with Crippen LogP contribution in [0.5, 0.6) is 0 Å². The van der Waals surface area contributed by atoms with E-state index in [0.29, 0.717) is 5.76 Å². The first-order valence-electron chi connectivity index (χ1n) is 6.84. The van der Waals surface area contributed by atoms with Crippen LogP contribution in [-0.2, 0) is 11.2 Å². The van der Waals surface area contributed by atoms with E-state index in [-0.39, 0.29) is 11.9 Å². The molecule has 1 N–H and O–H groups in total. The molecule has 0 saturated heterocycles. The van der Waals surface area contributed by atoms with Crippen molar-refractivity contribution >= 4 is 12.0 Å². The lowest BCUT2D eigenvalue weighted by molar-refractivity contribution is -0.117. The first-order valence-corrected chi connectivity index (χ1v) is 6.84. The molecular formula is C17H19NO2. The molecule has 1 aromatic carbocycles. The molecule has 0 aliphatic rings. The lowest BCUT2D eigenvalue weighted by Crippen LogP contribution is -2.34. The van der Waals surface area contributed by atoms with Gasteiger partial charge < -0.3 is 9.73 Å². The Balaban J connectivity index is 1.88. The van der Waals surface area contributed by atoms with Crippen LogP contribution in [0, 0.1) is 0 Å². The molecule has 1 atom stereocenters. The van der Waals surface area contributed by atoms with Crippen LogP contribution in [0.25, 0.3) is 6.08 Å². The molecule has 0 saturated carbocycles. The van der Waals surface area contributed by atoms with E-state index in [4.69, 9.17) is 4.42 Å². The Hall–Kier alpha value is -2.29. The summed E-state index contributed by atoms with van der Waals surface area (Å²) in [4.78, 5) is 11.9. The SMILES string of the molecule is CC[C@@H](Cc1ccccc1)NC(=O)/C=C/c1ccco1. The molecule has 2 aromatic rings. The molecule has 2 rings (SSSR count). The van der Waals surface area contributed by atoms with Crippen molar-refractivity contribution in [2.45, 2.75) is 25.8 Å². The van der Waals surface area contributed by atoms with Gasteiger partial charge in [0.25, 0.3) is 0 Å². The molecule has 0 fully saturated rings. The molecule has 0 bridgehead atoms. The third kappa shape index (κ3) is 4.43. The van der Waals surface area contributed by atoms with Gasteiger partial charge >= 0.3 is 0 Å². The second kappa shape index (κ2) is 7.34. The van der Waals surface area contributed by atoms with E-state index in [2.05, 4.69) is 24.4 Å². The lowest BCUT2D eigenvalue weighted by atomic mass is 10.0. The van der Waals surface area contributed by atoms with E-state index < -0.39 is 0 Å². The Morgan fingerprint density at radius 3 is 2.70 bits per heavy atom. The van der Waals surface area contributed by atoms with Gasteiger partial charge in [-0.05, 0) is 36.6 Å². The molecule has 1 aromatic heterocycles. The molecule has 1 amide bonds. The topological polar surface area (TPSA) is 42.2 Å². The number of nitrogens with one attached hydrogen (secondary N) is 1. The van der Waals surface area contributed by atoms with Crippen molar-refractivity contribution < 1.29 is 9.21 Å². The predicted octanol–water partition coefficient (Wildman–Crippen LogP) is 3.43. The van der Waals surface area contributed by atoms with Gasteiger partial charge in [0, 0.05) is 12.1 Å². The molecule has 3 nitrogen and oxygen atoms in total. The maximum atomic E-state index is 11.9. The van der Waals surface area contributed by atoms with E-state index in [1.165, 1.54) is 11.6 Å². The standard InChI is InChI=1S/C17H19NO2/c1-2-15(13-14-7-4-3-5-8-14)18-17(19)11-10-16-9-6-12-20-16/h3-12,15H,2,13H2,1H3,(H,18,19)/b11-10+/t15-/m0/s1. The van der Waals surface area contributed by atoms with E-state index in [1.54, 1.807) is 18.4 Å². The number of hydrogen-bond donors (Lipinski definition) is 1. The Morgan fingerprint density at radius 1 is 1.25 bits per heavy atom. The largest absolute Gasteiger partial charge is 0.465 e. The summed E-state index contributed by atoms with van der Waals surface area (Å²) in [6.07, 6.45) is 6.51. The molecule has 20 heavy (non-hydrogen) atoms. The van der Waals surface area contributed by atoms with Crippen molar-refractivity contribution in [3.63, 3.8) is 0 Å². The van der Waals surface area contributed by atoms with Gasteiger partial charge in [0.05, 0.1) is 6.26 Å². The van der Waals surface area contributed by atoms with Gasteiger partial charge in [-0.3, -0.25) is 4.79 Å². The van der Waals surface area contributed by atoms with Gasteiger partial charge in [-0.2, -0.15) is 0 Å². The highest BCUT2D eigenvalue weighted by atomic mass is 16.3. The highest BCUT2D eigenvalue weighted by Crippen LogP contribution is 2.06. The van der Waals surface area contributed by atoms with Gasteiger partial charge in [0.1, 0.15) is 5.76 Å². The van der Waals surface area contributed by atoms with Crippen LogP contribution in [-0.4, -0.2) is 11.9 Å². The Labute approximate surface area is 119 Å². The summed E-state index contributed by atoms with van der Waals surface area (Å²) in [6.45, 7) is 2.07. The average Bonchev–Trinajstić information content (AvgIpc) is 2.99. The van der Waals surface area contributed by atoms with Crippen molar-refractivity contribution in [1.29, 1.82) is 0 Å². The molecule has 0 spiro atoms. The third-order valence-electron chi connectivity index (χ3n) is 3.11. The molecule has 0 radical (unpaired) electrons. The molecule has 0 aliphatic carbocycles. The molecule has 3 heteroatoms. The van der Waals surface area contributed by atoms with Crippen LogP contribution < -0.4 is 5.32 Å². The molecule has 104 valence electrons. The first kappa shape index (κ1) is 14.1. The van der Waals surface area contributed by atoms with Gasteiger partial charge in [-0.15, -0.1) is 0 Å². The number of amides is 1. The number of carbonyl (C=O) groups excluding carboxylic acids is 1. The number of rotatable bonds is 6. The van der Waals surface area contributed by atoms with E-state index in [1.807, 2.05) is 24.3 Å². The second-order valence-electron chi connectivity index (χ2n) is 4.65. The molecule has 1 heterocycles. The first-order chi connectivity index (χ1) is 9.78. The number of benzene rings is 1. The normalized spacial score (nSPS) is 12.4. The van der Waals surface area contributed by atoms with E-state index >= 15 is 0 Å². The maximum absolute atomic E-state index is 11.9. The number of hydrogen-bond acceptors (Lipinski definition) is 2. The zero-order valence-electron chi connectivity index (χ0n) is 11.6. The van der Waals surface area contributed by atoms with Crippen molar-refractivity contribution in [2.24, 2.45) is 0 Å². The summed E-state index contributed by atoms with van der Waals surface area (Å²) in [7, 11) is 0. The fraction of sp³-hybridized carbons (Fsp3) is 0.235. The zero-order valence-corrected chi connectivity index (χ0v) is 11.6. The molecular weight excluding hydrogens is 250 g/mol. The fourth-order valence-electron chi connectivity index (χ4n) is 1.99. The minimum absolute atomic E-state index is 0.0934. The number of furan rings is 1. The van der Waals surface area contributed by atoms with E-state index in [0.717, 1.165) is 12.8 Å². The highest BCUT2D eigenvalue weighted by molar-refractivity contribution is 5.91. The Bertz CT molecular complexity index is 544. The summed E-state index contributed by atoms with van der Waals surface area (Å²) < 4.78 is 5.14. The van der Waals surface area contributed by atoms with Crippen molar-refractivity contribution in [1.82, 2.24) is 5.32 Å². The summed E-state index contributed by atoms with van der Waals surface area (Å²) in [6, 6.07) is 13.9. The summed E-state index contributed by atoms with van der Waals surface area (Å²) >= 11 is 0. The molecule has 0 unspecified atom stereocenters. The Kier molecular flexibility index (Phi) is 5.18. The van der Waals surface area contributed by atoms with Crippen LogP contribution >= 0.6 is 0 Å². The van der Waals surface area contributed by atoms with Crippen molar-refractivity contribution in [2.75, 3.05) is 0 Å². The van der Waals surface area contributed by atoms with Crippen LogP contribution in [0.3, 0.4) is 0 Å². The van der Waals surface area contributed by atoms with Gasteiger partial charge in [0.15, 0.2) is 0 Å². The van der Waals surface area contributed by atoms with Gasteiger partial charge in [0.2, 0.25) is 5.91 Å². The monoisotopic (exact) mass is 269 g/mol. The smallest absolute Gasteiger partial charge is 0.244 e. The van der Waals surface area contributed by atoms with Crippen LogP contribution in [0.15, 0.2) is 59.2 Å². The highest BCUT2D eigenvalue weighted by Gasteiger charge is 2.09. The number of carbonyl (C=O) groups is 1. The summed E-state index contributed by atoms with van der Waals surface area (Å²) in [5, 5.41) is 3.01. The van der Waals surface area contributed by atoms with Crippen LogP contribution in [0.1, 0.15) is 24.7 Å². The minimum Gasteiger partial charge on any atom is -0.465 e. The second-order valence-corrected chi connectivity index (χ2v) is 4.65. The van der Waals surface area contributed by atoms with Crippen molar-refractivity contribution in [3.05, 3.63) is 66.1 Å². The zero-order chi connectivity index (χ0) is 14.2. The minimum atomic E-state index is -0.0934. The van der Waals surface area contributed by atoms with Crippen LogP contribution in [0.2, 0.25) is 0 Å². The predicted molar refractivity (Wildman–Crippen MR) is 80.1 cm³/mol. The summed E-state index contributed by atoms with van der Waals surface area (Å²) in [5.74, 6) is 0.584. The Morgan fingerprint density at radius 2 is 2.05 bits per heavy atom. The third-order valence-corrected chi connectivity index (χ3v) is 3.11. The lowest BCUT2D eigenvalue weighted by Gasteiger charge is -2.15. The van der Waals surface area contributed by atoms with E-state index in [9.17, 15) is 4.79 Å². The van der Waals surface area contributed by atoms with Crippen LogP contribution in [0.4, 0.5) is 0 Å². The molecule has 0 aliphatic heterocycles. The van der Waals surface area contributed by atoms with Crippen molar-refractivity contribution in [3.8, 4) is 0 Å².